The second kappa shape index (κ2) is 10.8. The van der Waals surface area contributed by atoms with E-state index in [1.807, 2.05) is 0 Å². The average Bonchev–Trinajstić information content (AvgIpc) is 2.67. The quantitative estimate of drug-likeness (QED) is 0.304. The minimum Gasteiger partial charge on any atom is -0.455 e. The minimum atomic E-state index is -0.797. The lowest BCUT2D eigenvalue weighted by Gasteiger charge is -2.13. The predicted molar refractivity (Wildman–Crippen MR) is 100 cm³/mol. The van der Waals surface area contributed by atoms with Crippen LogP contribution in [0.3, 0.4) is 0 Å². The Bertz CT molecular complexity index is 775. The van der Waals surface area contributed by atoms with E-state index in [2.05, 4.69) is 16.7 Å². The van der Waals surface area contributed by atoms with Crippen LogP contribution in [0.4, 0.5) is 10.5 Å². The average molecular weight is 389 g/mol. The molecule has 9 nitrogen and oxygen atoms in total. The monoisotopic (exact) mass is 389 g/mol. The molecule has 0 saturated carbocycles. The van der Waals surface area contributed by atoms with Gasteiger partial charge in [0.25, 0.3) is 11.6 Å². The van der Waals surface area contributed by atoms with Gasteiger partial charge in [-0.25, -0.2) is 4.79 Å². The summed E-state index contributed by atoms with van der Waals surface area (Å²) < 4.78 is 4.78. The maximum atomic E-state index is 11.8. The molecule has 0 heterocycles. The topological polar surface area (TPSA) is 128 Å². The lowest BCUT2D eigenvalue weighted by Crippen LogP contribution is -2.41. The number of imide groups is 1. The molecule has 2 rings (SSSR count). The zero-order chi connectivity index (χ0) is 20.4. The number of nitrogens with zero attached hydrogens (tertiary/aromatic N) is 1. The van der Waals surface area contributed by atoms with Crippen molar-refractivity contribution in [1.29, 1.82) is 0 Å². The van der Waals surface area contributed by atoms with Crippen LogP contribution in [-0.4, -0.2) is 36.0 Å². The smallest absolute Gasteiger partial charge is 0.321 e. The molecule has 1 aliphatic rings. The van der Waals surface area contributed by atoms with Crippen LogP contribution < -0.4 is 10.6 Å². The summed E-state index contributed by atoms with van der Waals surface area (Å²) in [6, 6.07) is 5.12. The van der Waals surface area contributed by atoms with E-state index >= 15 is 0 Å². The minimum absolute atomic E-state index is 0.188. The van der Waals surface area contributed by atoms with Gasteiger partial charge in [-0.1, -0.05) is 29.8 Å². The summed E-state index contributed by atoms with van der Waals surface area (Å²) in [5, 5.41) is 15.6. The standard InChI is InChI=1S/C19H23N3O6/c23-17(21-19(25)20-11-10-14-6-2-1-3-7-14)13-28-18(24)12-15-8-4-5-9-16(15)22(26)27/h4-6,8-9H,1-3,7,10-13H2,(H2,20,21,23,25). The number of benzene rings is 1. The zero-order valence-electron chi connectivity index (χ0n) is 15.4. The van der Waals surface area contributed by atoms with E-state index in [1.54, 1.807) is 6.07 Å². The SMILES string of the molecule is O=C(COC(=O)Cc1ccccc1[N+](=O)[O-])NC(=O)NCCC1=CCCCC1. The maximum absolute atomic E-state index is 11.8. The number of hydrogen-bond donors (Lipinski definition) is 2. The summed E-state index contributed by atoms with van der Waals surface area (Å²) in [5.74, 6) is -1.57. The first-order chi connectivity index (χ1) is 13.5. The number of carbonyl (C=O) groups is 3. The number of nitro benzene ring substituents is 1. The number of ether oxygens (including phenoxy) is 1. The first kappa shape index (κ1) is 21.1. The highest BCUT2D eigenvalue weighted by Crippen LogP contribution is 2.19. The number of amides is 3. The normalized spacial score (nSPS) is 13.2. The first-order valence-electron chi connectivity index (χ1n) is 9.09. The van der Waals surface area contributed by atoms with Gasteiger partial charge in [0.15, 0.2) is 6.61 Å². The number of urea groups is 1. The number of carbonyl (C=O) groups excluding carboxylic acids is 3. The third kappa shape index (κ3) is 7.18. The Balaban J connectivity index is 1.67. The van der Waals surface area contributed by atoms with Crippen LogP contribution in [0.15, 0.2) is 35.9 Å². The Morgan fingerprint density at radius 2 is 1.96 bits per heavy atom. The molecule has 0 saturated heterocycles. The van der Waals surface area contributed by atoms with Gasteiger partial charge in [0.2, 0.25) is 0 Å². The summed E-state index contributed by atoms with van der Waals surface area (Å²) >= 11 is 0. The molecule has 150 valence electrons. The fourth-order valence-corrected chi connectivity index (χ4v) is 2.87. The van der Waals surface area contributed by atoms with Crippen LogP contribution in [0.5, 0.6) is 0 Å². The molecular formula is C19H23N3O6. The molecule has 0 spiro atoms. The molecule has 0 fully saturated rings. The van der Waals surface area contributed by atoms with Crippen molar-refractivity contribution in [2.45, 2.75) is 38.5 Å². The van der Waals surface area contributed by atoms with E-state index in [0.29, 0.717) is 6.54 Å². The molecule has 1 aliphatic carbocycles. The van der Waals surface area contributed by atoms with Gasteiger partial charge < -0.3 is 10.1 Å². The third-order valence-corrected chi connectivity index (χ3v) is 4.26. The van der Waals surface area contributed by atoms with Gasteiger partial charge in [-0.3, -0.25) is 25.0 Å². The number of rotatable bonds is 8. The van der Waals surface area contributed by atoms with Gasteiger partial charge in [-0.05, 0) is 32.1 Å². The molecule has 0 atom stereocenters. The summed E-state index contributed by atoms with van der Waals surface area (Å²) in [7, 11) is 0. The Hall–Kier alpha value is -3.23. The molecule has 28 heavy (non-hydrogen) atoms. The van der Waals surface area contributed by atoms with Gasteiger partial charge in [-0.2, -0.15) is 0 Å². The third-order valence-electron chi connectivity index (χ3n) is 4.26. The van der Waals surface area contributed by atoms with Crippen molar-refractivity contribution in [2.24, 2.45) is 0 Å². The highest BCUT2D eigenvalue weighted by atomic mass is 16.6. The van der Waals surface area contributed by atoms with E-state index < -0.39 is 29.4 Å². The molecule has 9 heteroatoms. The van der Waals surface area contributed by atoms with E-state index in [1.165, 1.54) is 30.2 Å². The van der Waals surface area contributed by atoms with Gasteiger partial charge in [-0.15, -0.1) is 0 Å². The summed E-state index contributed by atoms with van der Waals surface area (Å²) in [5.41, 5.74) is 1.30. The van der Waals surface area contributed by atoms with Crippen molar-refractivity contribution >= 4 is 23.6 Å². The lowest BCUT2D eigenvalue weighted by molar-refractivity contribution is -0.385. The summed E-state index contributed by atoms with van der Waals surface area (Å²) in [6.45, 7) is -0.222. The number of nitrogens with one attached hydrogen (secondary N) is 2. The van der Waals surface area contributed by atoms with Crippen LogP contribution in [0.1, 0.15) is 37.7 Å². The molecule has 0 unspecified atom stereocenters. The van der Waals surface area contributed by atoms with Gasteiger partial charge in [0.1, 0.15) is 0 Å². The van der Waals surface area contributed by atoms with Crippen molar-refractivity contribution < 1.29 is 24.0 Å². The van der Waals surface area contributed by atoms with Crippen LogP contribution in [-0.2, 0) is 20.7 Å². The largest absolute Gasteiger partial charge is 0.455 e. The van der Waals surface area contributed by atoms with E-state index in [9.17, 15) is 24.5 Å². The molecule has 0 aliphatic heterocycles. The maximum Gasteiger partial charge on any atom is 0.321 e. The molecule has 0 radical (unpaired) electrons. The Morgan fingerprint density at radius 1 is 1.18 bits per heavy atom. The highest BCUT2D eigenvalue weighted by Gasteiger charge is 2.17. The Morgan fingerprint density at radius 3 is 2.68 bits per heavy atom. The first-order valence-corrected chi connectivity index (χ1v) is 9.09. The number of hydrogen-bond acceptors (Lipinski definition) is 6. The number of nitro groups is 1. The van der Waals surface area contributed by atoms with Crippen LogP contribution in [0.2, 0.25) is 0 Å². The summed E-state index contributed by atoms with van der Waals surface area (Å²) in [4.78, 5) is 45.5. The molecule has 1 aromatic carbocycles. The molecule has 1 aromatic rings. The molecule has 3 amide bonds. The van der Waals surface area contributed by atoms with Gasteiger partial charge >= 0.3 is 12.0 Å². The lowest BCUT2D eigenvalue weighted by atomic mass is 9.97. The van der Waals surface area contributed by atoms with Crippen molar-refractivity contribution in [3.8, 4) is 0 Å². The van der Waals surface area contributed by atoms with Gasteiger partial charge in [0.05, 0.1) is 11.3 Å². The zero-order valence-corrected chi connectivity index (χ0v) is 15.4. The van der Waals surface area contributed by atoms with Gasteiger partial charge in [0, 0.05) is 18.2 Å². The molecule has 0 bridgehead atoms. The number of para-hydroxylation sites is 1. The fourth-order valence-electron chi connectivity index (χ4n) is 2.87. The van der Waals surface area contributed by atoms with Crippen molar-refractivity contribution in [3.63, 3.8) is 0 Å². The predicted octanol–water partition coefficient (Wildman–Crippen LogP) is 2.40. The number of esters is 1. The van der Waals surface area contributed by atoms with Crippen LogP contribution >= 0.6 is 0 Å². The van der Waals surface area contributed by atoms with Crippen molar-refractivity contribution in [3.05, 3.63) is 51.6 Å². The summed E-state index contributed by atoms with van der Waals surface area (Å²) in [6.07, 6.45) is 7.05. The second-order valence-corrected chi connectivity index (χ2v) is 6.39. The Labute approximate surface area is 162 Å². The van der Waals surface area contributed by atoms with Crippen molar-refractivity contribution in [1.82, 2.24) is 10.6 Å². The van der Waals surface area contributed by atoms with Crippen molar-refractivity contribution in [2.75, 3.05) is 13.2 Å². The van der Waals surface area contributed by atoms with E-state index in [0.717, 1.165) is 25.7 Å². The van der Waals surface area contributed by atoms with E-state index in [-0.39, 0.29) is 17.7 Å². The van der Waals surface area contributed by atoms with E-state index in [4.69, 9.17) is 4.74 Å². The highest BCUT2D eigenvalue weighted by molar-refractivity contribution is 5.95. The molecule has 2 N–H and O–H groups in total. The fraction of sp³-hybridized carbons (Fsp3) is 0.421. The Kier molecular flexibility index (Phi) is 8.13. The molecular weight excluding hydrogens is 366 g/mol. The second-order valence-electron chi connectivity index (χ2n) is 6.39. The van der Waals surface area contributed by atoms with Crippen LogP contribution in [0.25, 0.3) is 0 Å². The van der Waals surface area contributed by atoms with Crippen LogP contribution in [0, 0.1) is 10.1 Å². The molecule has 0 aromatic heterocycles. The number of allylic oxidation sites excluding steroid dienone is 1.